The molecule has 2 saturated heterocycles. The Hall–Kier alpha value is -1.22. The number of cyclic esters (lactones) is 1. The van der Waals surface area contributed by atoms with Crippen LogP contribution in [0.2, 0.25) is 0 Å². The summed E-state index contributed by atoms with van der Waals surface area (Å²) in [6.07, 6.45) is -1.37. The van der Waals surface area contributed by atoms with Gasteiger partial charge in [0.05, 0.1) is 12.6 Å². The van der Waals surface area contributed by atoms with Crippen molar-refractivity contribution in [1.82, 2.24) is 10.6 Å². The lowest BCUT2D eigenvalue weighted by Gasteiger charge is -2.14. The first-order valence-corrected chi connectivity index (χ1v) is 6.75. The van der Waals surface area contributed by atoms with E-state index >= 15 is 0 Å². The van der Waals surface area contributed by atoms with E-state index in [1.807, 2.05) is 0 Å². The van der Waals surface area contributed by atoms with Crippen LogP contribution >= 0.6 is 0 Å². The van der Waals surface area contributed by atoms with Gasteiger partial charge in [-0.3, -0.25) is 4.79 Å². The molecule has 4 atom stereocenters. The maximum Gasteiger partial charge on any atom is 0.338 e. The molecule has 20 heavy (non-hydrogen) atoms. The van der Waals surface area contributed by atoms with Crippen LogP contribution in [0, 0.1) is 0 Å². The Morgan fingerprint density at radius 2 is 2.30 bits per heavy atom. The van der Waals surface area contributed by atoms with E-state index in [1.165, 1.54) is 0 Å². The third-order valence-electron chi connectivity index (χ3n) is 3.49. The van der Waals surface area contributed by atoms with Gasteiger partial charge < -0.3 is 30.3 Å². The Balaban J connectivity index is 1.55. The van der Waals surface area contributed by atoms with E-state index in [4.69, 9.17) is 9.47 Å². The third-order valence-corrected chi connectivity index (χ3v) is 3.49. The summed E-state index contributed by atoms with van der Waals surface area (Å²) in [6.45, 7) is 1.13. The molecule has 2 heterocycles. The summed E-state index contributed by atoms with van der Waals surface area (Å²) >= 11 is 0. The Bertz CT molecular complexity index is 358. The number of aliphatic hydroxyl groups is 2. The maximum atomic E-state index is 11.6. The van der Waals surface area contributed by atoms with Gasteiger partial charge >= 0.3 is 5.97 Å². The van der Waals surface area contributed by atoms with Crippen molar-refractivity contribution in [3.8, 4) is 0 Å². The molecule has 2 fully saturated rings. The maximum absolute atomic E-state index is 11.6. The fourth-order valence-corrected chi connectivity index (χ4v) is 2.29. The van der Waals surface area contributed by atoms with E-state index in [0.29, 0.717) is 0 Å². The largest absolute Gasteiger partial charge is 0.457 e. The summed E-state index contributed by atoms with van der Waals surface area (Å²) in [7, 11) is 0. The van der Waals surface area contributed by atoms with Crippen LogP contribution in [0.1, 0.15) is 19.3 Å². The number of rotatable bonds is 6. The van der Waals surface area contributed by atoms with Gasteiger partial charge in [-0.1, -0.05) is 0 Å². The van der Waals surface area contributed by atoms with Crippen molar-refractivity contribution >= 4 is 11.9 Å². The number of hydrogen-bond donors (Lipinski definition) is 4. The Kier molecular flexibility index (Phi) is 5.30. The number of hydrogen-bond acceptors (Lipinski definition) is 7. The summed E-state index contributed by atoms with van der Waals surface area (Å²) < 4.78 is 9.98. The normalized spacial score (nSPS) is 33.2. The molecule has 1 unspecified atom stereocenters. The average Bonchev–Trinajstić information content (AvgIpc) is 3.04. The number of nitrogens with one attached hydrogen (secondary N) is 2. The molecular formula is C12H20N2O6. The fourth-order valence-electron chi connectivity index (χ4n) is 2.29. The van der Waals surface area contributed by atoms with Gasteiger partial charge in [0, 0.05) is 6.42 Å². The van der Waals surface area contributed by atoms with Crippen LogP contribution in [0.3, 0.4) is 0 Å². The topological polar surface area (TPSA) is 117 Å². The quantitative estimate of drug-likeness (QED) is 0.250. The van der Waals surface area contributed by atoms with Crippen molar-refractivity contribution in [2.24, 2.45) is 0 Å². The highest BCUT2D eigenvalue weighted by Crippen LogP contribution is 2.18. The molecule has 0 aromatic carbocycles. The van der Waals surface area contributed by atoms with Crippen LogP contribution in [0.25, 0.3) is 0 Å². The lowest BCUT2D eigenvalue weighted by Crippen LogP contribution is -2.41. The number of ether oxygens (including phenoxy) is 2. The standard InChI is InChI=1S/C12H20N2O6/c15-9-8(20-12(18)10(9)16)3-5-19-6-14-11(17)7-2-1-4-13-7/h7-10,13,15-16H,1-6H2,(H,14,17)/t7?,8-,9-,10-/m1/s1. The Morgan fingerprint density at radius 1 is 1.50 bits per heavy atom. The van der Waals surface area contributed by atoms with E-state index in [2.05, 4.69) is 10.6 Å². The molecular weight excluding hydrogens is 268 g/mol. The smallest absolute Gasteiger partial charge is 0.338 e. The van der Waals surface area contributed by atoms with E-state index in [-0.39, 0.29) is 31.7 Å². The van der Waals surface area contributed by atoms with Crippen LogP contribution in [0.4, 0.5) is 0 Å². The minimum Gasteiger partial charge on any atom is -0.457 e. The SMILES string of the molecule is O=C(NCOCC[C@H]1OC(=O)[C@H](O)[C@@H]1O)C1CCCN1. The molecule has 0 aliphatic carbocycles. The fraction of sp³-hybridized carbons (Fsp3) is 0.833. The van der Waals surface area contributed by atoms with E-state index in [9.17, 15) is 19.8 Å². The number of amides is 1. The summed E-state index contributed by atoms with van der Waals surface area (Å²) in [6, 6.07) is -0.147. The first-order chi connectivity index (χ1) is 9.59. The number of aliphatic hydroxyl groups excluding tert-OH is 2. The molecule has 0 radical (unpaired) electrons. The molecule has 0 saturated carbocycles. The van der Waals surface area contributed by atoms with Crippen LogP contribution in [0.5, 0.6) is 0 Å². The highest BCUT2D eigenvalue weighted by molar-refractivity contribution is 5.81. The second kappa shape index (κ2) is 6.98. The molecule has 4 N–H and O–H groups in total. The van der Waals surface area contributed by atoms with Gasteiger partial charge in [-0.15, -0.1) is 0 Å². The van der Waals surface area contributed by atoms with Crippen LogP contribution in [-0.4, -0.2) is 66.3 Å². The van der Waals surface area contributed by atoms with Gasteiger partial charge in [0.25, 0.3) is 0 Å². The molecule has 0 bridgehead atoms. The molecule has 2 rings (SSSR count). The van der Waals surface area contributed by atoms with Crippen molar-refractivity contribution in [3.05, 3.63) is 0 Å². The van der Waals surface area contributed by atoms with Gasteiger partial charge in [-0.05, 0) is 19.4 Å². The van der Waals surface area contributed by atoms with Crippen LogP contribution in [-0.2, 0) is 19.1 Å². The zero-order chi connectivity index (χ0) is 14.5. The Morgan fingerprint density at radius 3 is 2.90 bits per heavy atom. The molecule has 8 nitrogen and oxygen atoms in total. The van der Waals surface area contributed by atoms with Crippen LogP contribution in [0.15, 0.2) is 0 Å². The van der Waals surface area contributed by atoms with Gasteiger partial charge in [0.2, 0.25) is 5.91 Å². The van der Waals surface area contributed by atoms with Crippen LogP contribution < -0.4 is 10.6 Å². The third kappa shape index (κ3) is 3.66. The molecule has 114 valence electrons. The van der Waals surface area contributed by atoms with E-state index < -0.39 is 24.3 Å². The van der Waals surface area contributed by atoms with Crippen molar-refractivity contribution in [2.45, 2.75) is 43.6 Å². The van der Waals surface area contributed by atoms with Crippen molar-refractivity contribution in [1.29, 1.82) is 0 Å². The number of carbonyl (C=O) groups excluding carboxylic acids is 2. The predicted molar refractivity (Wildman–Crippen MR) is 66.5 cm³/mol. The summed E-state index contributed by atoms with van der Waals surface area (Å²) in [4.78, 5) is 22.6. The van der Waals surface area contributed by atoms with E-state index in [1.54, 1.807) is 0 Å². The minimum absolute atomic E-state index is 0.0658. The van der Waals surface area contributed by atoms with Gasteiger partial charge in [0.1, 0.15) is 18.9 Å². The first kappa shape index (κ1) is 15.2. The first-order valence-electron chi connectivity index (χ1n) is 6.75. The van der Waals surface area contributed by atoms with Crippen molar-refractivity contribution in [3.63, 3.8) is 0 Å². The highest BCUT2D eigenvalue weighted by atomic mass is 16.6. The van der Waals surface area contributed by atoms with Gasteiger partial charge in [-0.2, -0.15) is 0 Å². The van der Waals surface area contributed by atoms with E-state index in [0.717, 1.165) is 19.4 Å². The lowest BCUT2D eigenvalue weighted by atomic mass is 10.1. The van der Waals surface area contributed by atoms with Gasteiger partial charge in [0.15, 0.2) is 6.10 Å². The zero-order valence-corrected chi connectivity index (χ0v) is 11.1. The number of esters is 1. The predicted octanol–water partition coefficient (Wildman–Crippen LogP) is -2.13. The molecule has 0 aromatic rings. The second-order valence-electron chi connectivity index (χ2n) is 4.94. The highest BCUT2D eigenvalue weighted by Gasteiger charge is 2.42. The zero-order valence-electron chi connectivity index (χ0n) is 11.1. The Labute approximate surface area is 116 Å². The minimum atomic E-state index is -1.48. The summed E-state index contributed by atoms with van der Waals surface area (Å²) in [5.74, 6) is -0.909. The summed E-state index contributed by atoms with van der Waals surface area (Å²) in [5, 5.41) is 24.4. The molecule has 0 aromatic heterocycles. The monoisotopic (exact) mass is 288 g/mol. The van der Waals surface area contributed by atoms with Crippen molar-refractivity contribution in [2.75, 3.05) is 19.9 Å². The molecule has 1 amide bonds. The lowest BCUT2D eigenvalue weighted by molar-refractivity contribution is -0.147. The molecule has 2 aliphatic rings. The second-order valence-corrected chi connectivity index (χ2v) is 4.94. The molecule has 8 heteroatoms. The molecule has 0 spiro atoms. The average molecular weight is 288 g/mol. The number of carbonyl (C=O) groups is 2. The summed E-state index contributed by atoms with van der Waals surface area (Å²) in [5.41, 5.74) is 0. The van der Waals surface area contributed by atoms with Crippen molar-refractivity contribution < 1.29 is 29.3 Å². The molecule has 2 aliphatic heterocycles. The van der Waals surface area contributed by atoms with Gasteiger partial charge in [-0.25, -0.2) is 4.79 Å².